The lowest BCUT2D eigenvalue weighted by Crippen LogP contribution is -2.19. The molecule has 1 aliphatic rings. The molecule has 82 valence electrons. The van der Waals surface area contributed by atoms with Crippen LogP contribution in [0.15, 0.2) is 12.2 Å². The van der Waals surface area contributed by atoms with Crippen LogP contribution in [0.1, 0.15) is 52.4 Å². The Labute approximate surface area is 88.5 Å². The van der Waals surface area contributed by atoms with Crippen LogP contribution in [0.2, 0.25) is 0 Å². The van der Waals surface area contributed by atoms with Crippen LogP contribution in [0.3, 0.4) is 0 Å². The number of ether oxygens (including phenoxy) is 1. The first kappa shape index (κ1) is 11.8. The molecule has 0 spiro atoms. The van der Waals surface area contributed by atoms with Gasteiger partial charge in [0.15, 0.2) is 0 Å². The zero-order chi connectivity index (χ0) is 10.2. The molecule has 1 rings (SSSR count). The van der Waals surface area contributed by atoms with E-state index >= 15 is 0 Å². The van der Waals surface area contributed by atoms with Crippen LogP contribution in [0.4, 0.5) is 0 Å². The minimum absolute atomic E-state index is 0.477. The summed E-state index contributed by atoms with van der Waals surface area (Å²) in [5.41, 5.74) is 0. The molecular formula is C13H24O. The molecule has 0 aromatic heterocycles. The SMILES string of the molecule is CCCCCC[C@@H]1OCCC=C[C@H]1C. The van der Waals surface area contributed by atoms with Crippen LogP contribution < -0.4 is 0 Å². The summed E-state index contributed by atoms with van der Waals surface area (Å²) in [5.74, 6) is 0.610. The summed E-state index contributed by atoms with van der Waals surface area (Å²) in [7, 11) is 0. The Hall–Kier alpha value is -0.300. The van der Waals surface area contributed by atoms with E-state index in [2.05, 4.69) is 26.0 Å². The van der Waals surface area contributed by atoms with Gasteiger partial charge in [0, 0.05) is 5.92 Å². The maximum Gasteiger partial charge on any atom is 0.0635 e. The van der Waals surface area contributed by atoms with Gasteiger partial charge in [-0.1, -0.05) is 51.7 Å². The van der Waals surface area contributed by atoms with Gasteiger partial charge in [0.25, 0.3) is 0 Å². The van der Waals surface area contributed by atoms with Crippen LogP contribution in [0.5, 0.6) is 0 Å². The van der Waals surface area contributed by atoms with Crippen molar-refractivity contribution in [2.45, 2.75) is 58.5 Å². The lowest BCUT2D eigenvalue weighted by atomic mass is 9.98. The summed E-state index contributed by atoms with van der Waals surface area (Å²) < 4.78 is 5.83. The second-order valence-electron chi connectivity index (χ2n) is 4.33. The summed E-state index contributed by atoms with van der Waals surface area (Å²) >= 11 is 0. The van der Waals surface area contributed by atoms with Crippen molar-refractivity contribution in [3.63, 3.8) is 0 Å². The molecule has 0 saturated heterocycles. The van der Waals surface area contributed by atoms with E-state index in [4.69, 9.17) is 4.74 Å². The summed E-state index contributed by atoms with van der Waals surface area (Å²) in [5, 5.41) is 0. The Kier molecular flexibility index (Phi) is 5.93. The minimum atomic E-state index is 0.477. The number of hydrogen-bond donors (Lipinski definition) is 0. The van der Waals surface area contributed by atoms with E-state index in [1.54, 1.807) is 0 Å². The van der Waals surface area contributed by atoms with E-state index in [9.17, 15) is 0 Å². The zero-order valence-electron chi connectivity index (χ0n) is 9.67. The van der Waals surface area contributed by atoms with E-state index in [0.717, 1.165) is 13.0 Å². The molecule has 14 heavy (non-hydrogen) atoms. The lowest BCUT2D eigenvalue weighted by Gasteiger charge is -2.20. The maximum atomic E-state index is 5.83. The molecule has 1 heteroatoms. The van der Waals surface area contributed by atoms with Crippen LogP contribution in [-0.2, 0) is 4.74 Å². The highest BCUT2D eigenvalue weighted by Crippen LogP contribution is 2.19. The van der Waals surface area contributed by atoms with Gasteiger partial charge in [0.1, 0.15) is 0 Å². The average molecular weight is 196 g/mol. The first-order chi connectivity index (χ1) is 6.84. The standard InChI is InChI=1S/C13H24O/c1-3-4-5-6-10-13-12(2)9-7-8-11-14-13/h7,9,12-13H,3-6,8,10-11H2,1-2H3/t12-,13+/m1/s1. The lowest BCUT2D eigenvalue weighted by molar-refractivity contribution is 0.0299. The first-order valence-corrected chi connectivity index (χ1v) is 6.13. The Balaban J connectivity index is 2.17. The molecular weight excluding hydrogens is 172 g/mol. The molecule has 1 nitrogen and oxygen atoms in total. The van der Waals surface area contributed by atoms with Crippen LogP contribution in [-0.4, -0.2) is 12.7 Å². The largest absolute Gasteiger partial charge is 0.377 e. The van der Waals surface area contributed by atoms with Gasteiger partial charge < -0.3 is 4.74 Å². The van der Waals surface area contributed by atoms with Crippen LogP contribution >= 0.6 is 0 Å². The second kappa shape index (κ2) is 7.05. The van der Waals surface area contributed by atoms with Crippen molar-refractivity contribution in [2.24, 2.45) is 5.92 Å². The summed E-state index contributed by atoms with van der Waals surface area (Å²) in [4.78, 5) is 0. The van der Waals surface area contributed by atoms with Crippen molar-refractivity contribution in [2.75, 3.05) is 6.61 Å². The van der Waals surface area contributed by atoms with Gasteiger partial charge in [-0.3, -0.25) is 0 Å². The zero-order valence-corrected chi connectivity index (χ0v) is 9.67. The van der Waals surface area contributed by atoms with Gasteiger partial charge in [-0.05, 0) is 12.8 Å². The fourth-order valence-corrected chi connectivity index (χ4v) is 1.99. The predicted molar refractivity (Wildman–Crippen MR) is 61.4 cm³/mol. The van der Waals surface area contributed by atoms with Gasteiger partial charge in [-0.15, -0.1) is 0 Å². The Bertz CT molecular complexity index is 163. The smallest absolute Gasteiger partial charge is 0.0635 e. The Morgan fingerprint density at radius 1 is 1.29 bits per heavy atom. The molecule has 2 atom stereocenters. The van der Waals surface area contributed by atoms with Crippen molar-refractivity contribution >= 4 is 0 Å². The van der Waals surface area contributed by atoms with Crippen LogP contribution in [0.25, 0.3) is 0 Å². The molecule has 0 aliphatic carbocycles. The number of unbranched alkanes of at least 4 members (excludes halogenated alkanes) is 3. The molecule has 0 N–H and O–H groups in total. The second-order valence-corrected chi connectivity index (χ2v) is 4.33. The molecule has 0 aromatic rings. The van der Waals surface area contributed by atoms with E-state index < -0.39 is 0 Å². The van der Waals surface area contributed by atoms with Gasteiger partial charge in [0.2, 0.25) is 0 Å². The molecule has 0 unspecified atom stereocenters. The molecule has 0 aromatic carbocycles. The molecule has 0 radical (unpaired) electrons. The normalized spacial score (nSPS) is 27.6. The van der Waals surface area contributed by atoms with Crippen molar-refractivity contribution in [1.82, 2.24) is 0 Å². The number of hydrogen-bond acceptors (Lipinski definition) is 1. The molecule has 1 heterocycles. The fourth-order valence-electron chi connectivity index (χ4n) is 1.99. The van der Waals surface area contributed by atoms with Crippen molar-refractivity contribution < 1.29 is 4.74 Å². The molecule has 0 bridgehead atoms. The monoisotopic (exact) mass is 196 g/mol. The third kappa shape index (κ3) is 4.28. The highest BCUT2D eigenvalue weighted by atomic mass is 16.5. The van der Waals surface area contributed by atoms with Crippen LogP contribution in [0, 0.1) is 5.92 Å². The molecule has 0 saturated carbocycles. The van der Waals surface area contributed by atoms with Gasteiger partial charge >= 0.3 is 0 Å². The summed E-state index contributed by atoms with van der Waals surface area (Å²) in [6.07, 6.45) is 12.8. The third-order valence-electron chi connectivity index (χ3n) is 2.98. The van der Waals surface area contributed by atoms with E-state index in [-0.39, 0.29) is 0 Å². The van der Waals surface area contributed by atoms with Gasteiger partial charge in [0.05, 0.1) is 12.7 Å². The Morgan fingerprint density at radius 2 is 2.14 bits per heavy atom. The minimum Gasteiger partial charge on any atom is -0.377 e. The van der Waals surface area contributed by atoms with E-state index in [0.29, 0.717) is 12.0 Å². The summed E-state index contributed by atoms with van der Waals surface area (Å²) in [6.45, 7) is 5.44. The van der Waals surface area contributed by atoms with Gasteiger partial charge in [-0.25, -0.2) is 0 Å². The van der Waals surface area contributed by atoms with Gasteiger partial charge in [-0.2, -0.15) is 0 Å². The van der Waals surface area contributed by atoms with Crippen molar-refractivity contribution in [3.8, 4) is 0 Å². The number of rotatable bonds is 5. The third-order valence-corrected chi connectivity index (χ3v) is 2.98. The Morgan fingerprint density at radius 3 is 2.93 bits per heavy atom. The summed E-state index contributed by atoms with van der Waals surface area (Å²) in [6, 6.07) is 0. The molecule has 1 aliphatic heterocycles. The highest BCUT2D eigenvalue weighted by molar-refractivity contribution is 4.92. The quantitative estimate of drug-likeness (QED) is 0.478. The first-order valence-electron chi connectivity index (χ1n) is 6.13. The predicted octanol–water partition coefficient (Wildman–Crippen LogP) is 3.94. The topological polar surface area (TPSA) is 9.23 Å². The molecule has 0 fully saturated rings. The highest BCUT2D eigenvalue weighted by Gasteiger charge is 2.16. The van der Waals surface area contributed by atoms with E-state index in [1.807, 2.05) is 0 Å². The fraction of sp³-hybridized carbons (Fsp3) is 0.846. The maximum absolute atomic E-state index is 5.83. The van der Waals surface area contributed by atoms with Crippen molar-refractivity contribution in [1.29, 1.82) is 0 Å². The average Bonchev–Trinajstić information content (AvgIpc) is 2.39. The van der Waals surface area contributed by atoms with E-state index in [1.165, 1.54) is 32.1 Å². The molecule has 0 amide bonds. The van der Waals surface area contributed by atoms with Crippen molar-refractivity contribution in [3.05, 3.63) is 12.2 Å².